The van der Waals surface area contributed by atoms with Crippen LogP contribution in [0.4, 0.5) is 0 Å². The SMILES string of the molecule is [Cs].[Li].[Na].[Rb]. The van der Waals surface area contributed by atoms with Crippen molar-refractivity contribution in [2.45, 2.75) is 0 Å². The zero-order chi connectivity index (χ0) is 0. The van der Waals surface area contributed by atoms with Gasteiger partial charge < -0.3 is 0 Å². The van der Waals surface area contributed by atoms with Gasteiger partial charge in [-0.3, -0.25) is 0 Å². The fraction of sp³-hybridized carbons (Fsp3) is 0. The van der Waals surface area contributed by atoms with Gasteiger partial charge >= 0.3 is 0 Å². The van der Waals surface area contributed by atoms with Gasteiger partial charge in [0.15, 0.2) is 0 Å². The third-order valence-electron chi connectivity index (χ3n) is 0. The van der Waals surface area contributed by atoms with Crippen LogP contribution in [0.2, 0.25) is 0 Å². The van der Waals surface area contributed by atoms with E-state index < -0.39 is 0 Å². The van der Waals surface area contributed by atoms with Crippen LogP contribution in [0.25, 0.3) is 0 Å². The molecule has 0 heterocycles. The normalized spacial score (nSPS) is 0. The minimum absolute atomic E-state index is 0. The van der Waals surface area contributed by atoms with Crippen molar-refractivity contribution < 1.29 is 0 Å². The van der Waals surface area contributed by atoms with Crippen molar-refractivity contribution in [3.8, 4) is 0 Å². The molecular formula is CsLiNaRb. The Kier molecular flexibility index (Phi) is 89.7. The predicted octanol–water partition coefficient (Wildman–Crippen LogP) is -1.52. The molecule has 0 bridgehead atoms. The summed E-state index contributed by atoms with van der Waals surface area (Å²) in [6.07, 6.45) is 0. The van der Waals surface area contributed by atoms with Crippen molar-refractivity contribution in [1.82, 2.24) is 0 Å². The molecule has 0 saturated carbocycles. The minimum atomic E-state index is 0. The fourth-order valence-electron chi connectivity index (χ4n) is 0. The molecule has 0 aliphatic carbocycles. The van der Waals surface area contributed by atoms with E-state index in [9.17, 15) is 0 Å². The first kappa shape index (κ1) is 22.7. The van der Waals surface area contributed by atoms with Crippen LogP contribution in [0.15, 0.2) is 0 Å². The van der Waals surface area contributed by atoms with E-state index >= 15 is 0 Å². The monoisotopic (exact) mass is 248 g/mol. The summed E-state index contributed by atoms with van der Waals surface area (Å²) in [5, 5.41) is 0. The predicted molar refractivity (Wildman–Crippen MR) is 23.0 cm³/mol. The molecule has 0 rings (SSSR count). The van der Waals surface area contributed by atoms with Gasteiger partial charge in [0.25, 0.3) is 0 Å². The van der Waals surface area contributed by atoms with Gasteiger partial charge in [-0.1, -0.05) is 0 Å². The van der Waals surface area contributed by atoms with Crippen molar-refractivity contribution in [3.05, 3.63) is 0 Å². The Morgan fingerprint density at radius 1 is 1.00 bits per heavy atom. The Morgan fingerprint density at radius 2 is 1.00 bits per heavy atom. The first-order chi connectivity index (χ1) is 0. The van der Waals surface area contributed by atoms with Crippen LogP contribution in [0.3, 0.4) is 0 Å². The van der Waals surface area contributed by atoms with Gasteiger partial charge in [-0.2, -0.15) is 0 Å². The van der Waals surface area contributed by atoms with Crippen LogP contribution in [0, 0.1) is 0 Å². The van der Waals surface area contributed by atoms with Crippen LogP contribution < -0.4 is 0 Å². The molecule has 0 amide bonds. The van der Waals surface area contributed by atoms with Gasteiger partial charge in [-0.15, -0.1) is 0 Å². The van der Waals surface area contributed by atoms with Gasteiger partial charge in [-0.05, 0) is 0 Å². The summed E-state index contributed by atoms with van der Waals surface area (Å²) in [5.74, 6) is 0. The van der Waals surface area contributed by atoms with Crippen LogP contribution in [-0.2, 0) is 0 Å². The van der Waals surface area contributed by atoms with Crippen molar-refractivity contribution >= 4 is 175 Å². The Morgan fingerprint density at radius 3 is 1.00 bits per heavy atom. The maximum atomic E-state index is 0. The standard InChI is InChI=1S/Cs.Li.Na.Rb. The summed E-state index contributed by atoms with van der Waals surface area (Å²) < 4.78 is 0. The molecule has 0 spiro atoms. The molecule has 0 saturated heterocycles. The van der Waals surface area contributed by atoms with Crippen molar-refractivity contribution in [2.24, 2.45) is 0 Å². The summed E-state index contributed by atoms with van der Waals surface area (Å²) >= 11 is 0. The maximum absolute atomic E-state index is 0. The van der Waals surface area contributed by atoms with Gasteiger partial charge in [0.2, 0.25) is 0 Å². The molecule has 4 valence electrons. The molecule has 0 aromatic heterocycles. The topological polar surface area (TPSA) is 0 Å². The van der Waals surface area contributed by atoms with E-state index in [1.54, 1.807) is 0 Å². The van der Waals surface area contributed by atoms with Crippen LogP contribution in [-0.4, -0.2) is 175 Å². The molecule has 0 nitrogen and oxygen atoms in total. The summed E-state index contributed by atoms with van der Waals surface area (Å²) in [5.41, 5.74) is 0. The van der Waals surface area contributed by atoms with Gasteiger partial charge in [0, 0.05) is 175 Å². The molecule has 0 atom stereocenters. The molecule has 0 aromatic rings. The second-order valence-corrected chi connectivity index (χ2v) is 0. The molecule has 4 heteroatoms. The molecule has 0 aromatic carbocycles. The minimum Gasteiger partial charge on any atom is 0 e. The maximum Gasteiger partial charge on any atom is 0 e. The Labute approximate surface area is 169 Å². The summed E-state index contributed by atoms with van der Waals surface area (Å²) in [7, 11) is 0. The van der Waals surface area contributed by atoms with Crippen molar-refractivity contribution in [1.29, 1.82) is 0 Å². The second-order valence-electron chi connectivity index (χ2n) is 0. The zero-order valence-electron chi connectivity index (χ0n) is 4.00. The largest absolute Gasteiger partial charge is 0 e. The van der Waals surface area contributed by atoms with E-state index in [1.807, 2.05) is 0 Å². The molecule has 0 aliphatic heterocycles. The molecule has 0 fully saturated rings. The molecule has 0 aliphatic rings. The molecule has 0 unspecified atom stereocenters. The molecule has 4 heavy (non-hydrogen) atoms. The van der Waals surface area contributed by atoms with E-state index in [0.717, 1.165) is 0 Å². The fourth-order valence-corrected chi connectivity index (χ4v) is 0. The quantitative estimate of drug-likeness (QED) is 0.457. The number of rotatable bonds is 0. The van der Waals surface area contributed by atoms with Crippen LogP contribution in [0.1, 0.15) is 0 Å². The van der Waals surface area contributed by atoms with E-state index in [4.69, 9.17) is 0 Å². The van der Waals surface area contributed by atoms with E-state index in [1.165, 1.54) is 0 Å². The average molecular weight is 248 g/mol. The Hall–Kier alpha value is 5.45. The number of hydrogen-bond donors (Lipinski definition) is 0. The Bertz CT molecular complexity index is 8.00. The van der Waals surface area contributed by atoms with Gasteiger partial charge in [0.1, 0.15) is 0 Å². The molecule has 4 radical (unpaired) electrons. The van der Waals surface area contributed by atoms with E-state index in [2.05, 4.69) is 0 Å². The molecular weight excluding hydrogens is 248 g/mol. The van der Waals surface area contributed by atoms with Crippen LogP contribution >= 0.6 is 0 Å². The Balaban J connectivity index is 0. The van der Waals surface area contributed by atoms with Gasteiger partial charge in [-0.25, -0.2) is 0 Å². The number of hydrogen-bond acceptors (Lipinski definition) is 0. The second kappa shape index (κ2) is 15.8. The average Bonchev–Trinajstić information content (AvgIpc) is 0. The summed E-state index contributed by atoms with van der Waals surface area (Å²) in [4.78, 5) is 0. The smallest absolute Gasteiger partial charge is 0 e. The zero-order valence-corrected chi connectivity index (χ0v) is 17.2. The van der Waals surface area contributed by atoms with Crippen molar-refractivity contribution in [2.75, 3.05) is 0 Å². The van der Waals surface area contributed by atoms with E-state index in [-0.39, 0.29) is 175 Å². The first-order valence-corrected chi connectivity index (χ1v) is 0. The first-order valence-electron chi connectivity index (χ1n) is 0. The summed E-state index contributed by atoms with van der Waals surface area (Å²) in [6, 6.07) is 0. The third kappa shape index (κ3) is 10.4. The third-order valence-corrected chi connectivity index (χ3v) is 0. The van der Waals surface area contributed by atoms with Gasteiger partial charge in [0.05, 0.1) is 0 Å². The van der Waals surface area contributed by atoms with E-state index in [0.29, 0.717) is 0 Å². The molecule has 0 N–H and O–H groups in total. The van der Waals surface area contributed by atoms with Crippen molar-refractivity contribution in [3.63, 3.8) is 0 Å². The summed E-state index contributed by atoms with van der Waals surface area (Å²) in [6.45, 7) is 0. The van der Waals surface area contributed by atoms with Crippen LogP contribution in [0.5, 0.6) is 0 Å².